The average molecular weight is 301 g/mol. The van der Waals surface area contributed by atoms with Crippen molar-refractivity contribution in [2.45, 2.75) is 31.3 Å². The van der Waals surface area contributed by atoms with Crippen LogP contribution in [0.5, 0.6) is 0 Å². The van der Waals surface area contributed by atoms with Crippen molar-refractivity contribution < 1.29 is 24.2 Å². The van der Waals surface area contributed by atoms with Crippen molar-refractivity contribution in [2.24, 2.45) is 0 Å². The smallest absolute Gasteiger partial charge is 0.326 e. The fourth-order valence-corrected chi connectivity index (χ4v) is 2.21. The molecule has 1 fully saturated rings. The van der Waals surface area contributed by atoms with Crippen molar-refractivity contribution in [2.75, 3.05) is 34.3 Å². The minimum Gasteiger partial charge on any atom is -0.480 e. The minimum atomic E-state index is -1.16. The fourth-order valence-electron chi connectivity index (χ4n) is 2.21. The summed E-state index contributed by atoms with van der Waals surface area (Å²) in [4.78, 5) is 37.9. The average Bonchev–Trinajstić information content (AvgIpc) is 2.92. The fraction of sp³-hybridized carbons (Fsp3) is 0.769. The molecular weight excluding hydrogens is 278 g/mol. The number of hydrogen-bond acceptors (Lipinski definition) is 5. The maximum Gasteiger partial charge on any atom is 0.326 e. The molecular formula is C13H23N3O5. The van der Waals surface area contributed by atoms with Crippen LogP contribution in [-0.4, -0.2) is 79.3 Å². The second-order valence-corrected chi connectivity index (χ2v) is 5.31. The molecule has 8 nitrogen and oxygen atoms in total. The van der Waals surface area contributed by atoms with E-state index in [1.165, 1.54) is 7.11 Å². The molecule has 1 saturated heterocycles. The van der Waals surface area contributed by atoms with E-state index in [0.717, 1.165) is 6.42 Å². The Hall–Kier alpha value is -1.83. The topological polar surface area (TPSA) is 99.2 Å². The summed E-state index contributed by atoms with van der Waals surface area (Å²) >= 11 is 0. The van der Waals surface area contributed by atoms with Crippen LogP contribution in [0.2, 0.25) is 0 Å². The molecule has 2 atom stereocenters. The lowest BCUT2D eigenvalue weighted by molar-refractivity contribution is -0.142. The Balaban J connectivity index is 2.49. The Labute approximate surface area is 124 Å². The minimum absolute atomic E-state index is 0.0126. The number of carboxylic acids is 1. The summed E-state index contributed by atoms with van der Waals surface area (Å²) in [6, 6.07) is -1.21. The number of amides is 2. The van der Waals surface area contributed by atoms with Gasteiger partial charge in [-0.3, -0.25) is 4.79 Å². The third kappa shape index (κ3) is 5.22. The van der Waals surface area contributed by atoms with Crippen molar-refractivity contribution >= 4 is 18.0 Å². The van der Waals surface area contributed by atoms with E-state index in [9.17, 15) is 14.4 Å². The molecule has 1 heterocycles. The molecule has 120 valence electrons. The number of nitrogens with zero attached hydrogens (tertiary/aromatic N) is 2. The van der Waals surface area contributed by atoms with E-state index in [0.29, 0.717) is 13.1 Å². The highest BCUT2D eigenvalue weighted by Crippen LogP contribution is 2.13. The number of likely N-dealkylation sites (N-methyl/N-ethyl adjacent to an activating group) is 1. The highest BCUT2D eigenvalue weighted by Gasteiger charge is 2.30. The molecule has 8 heteroatoms. The van der Waals surface area contributed by atoms with E-state index in [2.05, 4.69) is 10.1 Å². The molecule has 1 aliphatic rings. The molecule has 0 aromatic carbocycles. The molecule has 1 unspecified atom stereocenters. The molecule has 0 saturated carbocycles. The van der Waals surface area contributed by atoms with Gasteiger partial charge in [0.25, 0.3) is 0 Å². The third-order valence-corrected chi connectivity index (χ3v) is 3.64. The van der Waals surface area contributed by atoms with E-state index in [1.807, 2.05) is 19.0 Å². The summed E-state index contributed by atoms with van der Waals surface area (Å²) in [5.74, 6) is -1.65. The van der Waals surface area contributed by atoms with Crippen molar-refractivity contribution in [3.63, 3.8) is 0 Å². The SMILES string of the molecule is COC(=O)CC[C@H](NC(=O)N1CCC(N(C)C)C1)C(=O)O. The Bertz CT molecular complexity index is 399. The van der Waals surface area contributed by atoms with Gasteiger partial charge < -0.3 is 25.0 Å². The first-order valence-electron chi connectivity index (χ1n) is 6.86. The number of aliphatic carboxylic acids is 1. The summed E-state index contributed by atoms with van der Waals surface area (Å²) in [7, 11) is 5.13. The van der Waals surface area contributed by atoms with Gasteiger partial charge in [-0.25, -0.2) is 9.59 Å². The number of carbonyl (C=O) groups excluding carboxylic acids is 2. The Morgan fingerprint density at radius 1 is 1.43 bits per heavy atom. The molecule has 1 rings (SSSR count). The summed E-state index contributed by atoms with van der Waals surface area (Å²) in [6.45, 7) is 1.17. The number of hydrogen-bond donors (Lipinski definition) is 2. The monoisotopic (exact) mass is 301 g/mol. The molecule has 0 aliphatic carbocycles. The van der Waals surface area contributed by atoms with Gasteiger partial charge in [0.2, 0.25) is 0 Å². The molecule has 0 spiro atoms. The number of carbonyl (C=O) groups is 3. The third-order valence-electron chi connectivity index (χ3n) is 3.64. The van der Waals surface area contributed by atoms with Crippen LogP contribution in [0.15, 0.2) is 0 Å². The van der Waals surface area contributed by atoms with Crippen molar-refractivity contribution in [1.82, 2.24) is 15.1 Å². The maximum absolute atomic E-state index is 12.1. The highest BCUT2D eigenvalue weighted by molar-refractivity contribution is 5.83. The number of rotatable bonds is 6. The van der Waals surface area contributed by atoms with Gasteiger partial charge in [-0.2, -0.15) is 0 Å². The van der Waals surface area contributed by atoms with Gasteiger partial charge >= 0.3 is 18.0 Å². The molecule has 2 N–H and O–H groups in total. The predicted molar refractivity (Wildman–Crippen MR) is 74.9 cm³/mol. The number of carboxylic acid groups (broad SMARTS) is 1. The van der Waals surface area contributed by atoms with Crippen LogP contribution in [0.25, 0.3) is 0 Å². The second kappa shape index (κ2) is 7.82. The quantitative estimate of drug-likeness (QED) is 0.656. The lowest BCUT2D eigenvalue weighted by Gasteiger charge is -2.22. The highest BCUT2D eigenvalue weighted by atomic mass is 16.5. The van der Waals surface area contributed by atoms with Gasteiger partial charge in [-0.15, -0.1) is 0 Å². The van der Waals surface area contributed by atoms with Crippen LogP contribution in [0.4, 0.5) is 4.79 Å². The number of nitrogens with one attached hydrogen (secondary N) is 1. The molecule has 0 bridgehead atoms. The number of likely N-dealkylation sites (tertiary alicyclic amines) is 1. The summed E-state index contributed by atoms with van der Waals surface area (Å²) in [6.07, 6.45) is 0.826. The number of ether oxygens (including phenoxy) is 1. The maximum atomic E-state index is 12.1. The van der Waals surface area contributed by atoms with Crippen LogP contribution >= 0.6 is 0 Å². The summed E-state index contributed by atoms with van der Waals surface area (Å²) in [5.41, 5.74) is 0. The molecule has 0 aromatic rings. The van der Waals surface area contributed by atoms with Crippen LogP contribution in [0, 0.1) is 0 Å². The number of urea groups is 1. The van der Waals surface area contributed by atoms with Gasteiger partial charge in [0.1, 0.15) is 6.04 Å². The van der Waals surface area contributed by atoms with Crippen LogP contribution in [-0.2, 0) is 14.3 Å². The van der Waals surface area contributed by atoms with Crippen molar-refractivity contribution in [3.8, 4) is 0 Å². The van der Waals surface area contributed by atoms with Gasteiger partial charge in [0, 0.05) is 25.6 Å². The lowest BCUT2D eigenvalue weighted by Crippen LogP contribution is -2.48. The second-order valence-electron chi connectivity index (χ2n) is 5.31. The van der Waals surface area contributed by atoms with Crippen LogP contribution < -0.4 is 5.32 Å². The molecule has 21 heavy (non-hydrogen) atoms. The van der Waals surface area contributed by atoms with E-state index in [1.54, 1.807) is 4.90 Å². The lowest BCUT2D eigenvalue weighted by atomic mass is 10.1. The largest absolute Gasteiger partial charge is 0.480 e. The molecule has 2 amide bonds. The van der Waals surface area contributed by atoms with Gasteiger partial charge in [0.05, 0.1) is 7.11 Å². The van der Waals surface area contributed by atoms with Gasteiger partial charge in [-0.05, 0) is 26.9 Å². The Morgan fingerprint density at radius 3 is 2.57 bits per heavy atom. The summed E-state index contributed by atoms with van der Waals surface area (Å²) < 4.78 is 4.47. The van der Waals surface area contributed by atoms with E-state index in [4.69, 9.17) is 5.11 Å². The van der Waals surface area contributed by atoms with E-state index in [-0.39, 0.29) is 18.9 Å². The predicted octanol–water partition coefficient (Wildman–Crippen LogP) is -0.262. The first-order valence-corrected chi connectivity index (χ1v) is 6.86. The molecule has 0 radical (unpaired) electrons. The van der Waals surface area contributed by atoms with Crippen LogP contribution in [0.1, 0.15) is 19.3 Å². The number of methoxy groups -OCH3 is 1. The van der Waals surface area contributed by atoms with Crippen molar-refractivity contribution in [1.29, 1.82) is 0 Å². The molecule has 1 aliphatic heterocycles. The zero-order chi connectivity index (χ0) is 16.0. The first kappa shape index (κ1) is 17.2. The van der Waals surface area contributed by atoms with Gasteiger partial charge in [0.15, 0.2) is 0 Å². The zero-order valence-corrected chi connectivity index (χ0v) is 12.7. The van der Waals surface area contributed by atoms with Crippen LogP contribution in [0.3, 0.4) is 0 Å². The number of esters is 1. The standard InChI is InChI=1S/C13H23N3O5/c1-15(2)9-6-7-16(8-9)13(20)14-10(12(18)19)4-5-11(17)21-3/h9-10H,4-8H2,1-3H3,(H,14,20)(H,18,19)/t9?,10-/m0/s1. The molecule has 0 aromatic heterocycles. The first-order chi connectivity index (χ1) is 9.85. The summed E-state index contributed by atoms with van der Waals surface area (Å²) in [5, 5.41) is 11.6. The van der Waals surface area contributed by atoms with Crippen molar-refractivity contribution in [3.05, 3.63) is 0 Å². The van der Waals surface area contributed by atoms with Gasteiger partial charge in [-0.1, -0.05) is 0 Å². The zero-order valence-electron chi connectivity index (χ0n) is 12.7. The Morgan fingerprint density at radius 2 is 2.10 bits per heavy atom. The van der Waals surface area contributed by atoms with E-state index < -0.39 is 24.0 Å². The van der Waals surface area contributed by atoms with E-state index >= 15 is 0 Å². The Kier molecular flexibility index (Phi) is 6.41. The normalized spacial score (nSPS) is 19.4.